The van der Waals surface area contributed by atoms with Crippen LogP contribution in [0.1, 0.15) is 45.6 Å². The summed E-state index contributed by atoms with van der Waals surface area (Å²) in [6.45, 7) is 12.7. The molecule has 0 aliphatic heterocycles. The van der Waals surface area contributed by atoms with Crippen molar-refractivity contribution < 1.29 is 22.1 Å². The summed E-state index contributed by atoms with van der Waals surface area (Å²) in [6.07, 6.45) is -0.0527. The van der Waals surface area contributed by atoms with E-state index in [-0.39, 0.29) is 16.0 Å². The molecule has 1 aliphatic rings. The molecule has 26 heavy (non-hydrogen) atoms. The van der Waals surface area contributed by atoms with Crippen LogP contribution in [-0.2, 0) is 18.7 Å². The van der Waals surface area contributed by atoms with Crippen molar-refractivity contribution in [3.8, 4) is 0 Å². The Morgan fingerprint density at radius 3 is 2.12 bits per heavy atom. The van der Waals surface area contributed by atoms with E-state index in [2.05, 4.69) is 33.9 Å². The van der Waals surface area contributed by atoms with Gasteiger partial charge in [0.25, 0.3) is 10.1 Å². The average molecular weight is 401 g/mol. The lowest BCUT2D eigenvalue weighted by Gasteiger charge is -2.42. The molecule has 7 heteroatoms. The predicted octanol–water partition coefficient (Wildman–Crippen LogP) is 4.00. The van der Waals surface area contributed by atoms with Crippen LogP contribution in [-0.4, -0.2) is 40.2 Å². The molecular formula is C19H32O5SSi. The second-order valence-electron chi connectivity index (χ2n) is 8.85. The van der Waals surface area contributed by atoms with Gasteiger partial charge < -0.3 is 9.53 Å². The summed E-state index contributed by atoms with van der Waals surface area (Å²) < 4.78 is 36.9. The first-order chi connectivity index (χ1) is 11.8. The van der Waals surface area contributed by atoms with Crippen LogP contribution in [0.2, 0.25) is 18.1 Å². The van der Waals surface area contributed by atoms with Gasteiger partial charge in [0.2, 0.25) is 0 Å². The molecule has 0 heterocycles. The van der Waals surface area contributed by atoms with Gasteiger partial charge >= 0.3 is 0 Å². The SMILES string of the molecule is Cc1ccc(S(=O)(=O)OC2CC(O)CC(O[Si](C)(C)C(C)(C)C)C2)cc1. The zero-order valence-electron chi connectivity index (χ0n) is 16.7. The van der Waals surface area contributed by atoms with E-state index in [0.717, 1.165) is 5.56 Å². The fraction of sp³-hybridized carbons (Fsp3) is 0.684. The van der Waals surface area contributed by atoms with E-state index in [1.807, 2.05) is 6.92 Å². The molecule has 0 aromatic heterocycles. The monoisotopic (exact) mass is 400 g/mol. The minimum Gasteiger partial charge on any atom is -0.414 e. The molecule has 0 amide bonds. The Morgan fingerprint density at radius 1 is 1.04 bits per heavy atom. The minimum absolute atomic E-state index is 0.0553. The molecule has 3 unspecified atom stereocenters. The van der Waals surface area contributed by atoms with E-state index in [0.29, 0.717) is 19.3 Å². The molecule has 5 nitrogen and oxygen atoms in total. The van der Waals surface area contributed by atoms with Crippen molar-refractivity contribution >= 4 is 18.4 Å². The fourth-order valence-electron chi connectivity index (χ4n) is 2.90. The summed E-state index contributed by atoms with van der Waals surface area (Å²) in [6, 6.07) is 6.59. The highest BCUT2D eigenvalue weighted by atomic mass is 32.2. The van der Waals surface area contributed by atoms with E-state index >= 15 is 0 Å². The lowest BCUT2D eigenvalue weighted by Crippen LogP contribution is -2.47. The molecule has 1 N–H and O–H groups in total. The average Bonchev–Trinajstić information content (AvgIpc) is 2.44. The zero-order valence-corrected chi connectivity index (χ0v) is 18.5. The topological polar surface area (TPSA) is 72.8 Å². The van der Waals surface area contributed by atoms with Gasteiger partial charge in [-0.25, -0.2) is 0 Å². The van der Waals surface area contributed by atoms with Crippen LogP contribution in [0.5, 0.6) is 0 Å². The number of aryl methyl sites for hydroxylation is 1. The first-order valence-electron chi connectivity index (χ1n) is 9.16. The maximum absolute atomic E-state index is 12.5. The van der Waals surface area contributed by atoms with Crippen LogP contribution >= 0.6 is 0 Å². The van der Waals surface area contributed by atoms with Gasteiger partial charge in [-0.2, -0.15) is 8.42 Å². The third kappa shape index (κ3) is 5.39. The third-order valence-electron chi connectivity index (χ3n) is 5.44. The van der Waals surface area contributed by atoms with Crippen molar-refractivity contribution in [1.29, 1.82) is 0 Å². The second-order valence-corrected chi connectivity index (χ2v) is 15.2. The van der Waals surface area contributed by atoms with Gasteiger partial charge in [0.05, 0.1) is 23.2 Å². The quantitative estimate of drug-likeness (QED) is 0.597. The first-order valence-corrected chi connectivity index (χ1v) is 13.5. The smallest absolute Gasteiger partial charge is 0.297 e. The predicted molar refractivity (Wildman–Crippen MR) is 105 cm³/mol. The minimum atomic E-state index is -3.85. The molecule has 0 bridgehead atoms. The summed E-state index contributed by atoms with van der Waals surface area (Å²) in [5, 5.41) is 10.3. The van der Waals surface area contributed by atoms with Crippen LogP contribution < -0.4 is 0 Å². The van der Waals surface area contributed by atoms with Crippen LogP contribution in [0, 0.1) is 6.92 Å². The number of hydrogen-bond acceptors (Lipinski definition) is 5. The Morgan fingerprint density at radius 2 is 1.58 bits per heavy atom. The van der Waals surface area contributed by atoms with E-state index in [1.165, 1.54) is 0 Å². The molecule has 1 aromatic rings. The van der Waals surface area contributed by atoms with E-state index in [9.17, 15) is 13.5 Å². The van der Waals surface area contributed by atoms with Gasteiger partial charge in [-0.15, -0.1) is 0 Å². The normalized spacial score (nSPS) is 25.3. The number of aliphatic hydroxyl groups is 1. The standard InChI is InChI=1S/C19H32O5SSi/c1-14-7-9-18(10-8-14)25(21,22)23-16-11-15(20)12-17(13-16)24-26(5,6)19(2,3)4/h7-10,15-17,20H,11-13H2,1-6H3. The zero-order chi connectivity index (χ0) is 19.8. The van der Waals surface area contributed by atoms with E-state index < -0.39 is 30.6 Å². The number of hydrogen-bond donors (Lipinski definition) is 1. The summed E-state index contributed by atoms with van der Waals surface area (Å²) in [7, 11) is -5.85. The number of aliphatic hydroxyl groups excluding tert-OH is 1. The second kappa shape index (κ2) is 7.71. The van der Waals surface area contributed by atoms with Crippen LogP contribution in [0.15, 0.2) is 29.2 Å². The summed E-state index contributed by atoms with van der Waals surface area (Å²) in [4.78, 5) is 0.144. The maximum atomic E-state index is 12.5. The highest BCUT2D eigenvalue weighted by molar-refractivity contribution is 7.86. The molecule has 0 radical (unpaired) electrons. The highest BCUT2D eigenvalue weighted by Crippen LogP contribution is 2.39. The highest BCUT2D eigenvalue weighted by Gasteiger charge is 2.42. The maximum Gasteiger partial charge on any atom is 0.297 e. The van der Waals surface area contributed by atoms with Crippen molar-refractivity contribution in [3.05, 3.63) is 29.8 Å². The molecule has 0 spiro atoms. The van der Waals surface area contributed by atoms with Gasteiger partial charge in [0, 0.05) is 12.8 Å². The van der Waals surface area contributed by atoms with Crippen molar-refractivity contribution in [2.75, 3.05) is 0 Å². The lowest BCUT2D eigenvalue weighted by molar-refractivity contribution is -0.00817. The molecule has 1 saturated carbocycles. The Labute approximate surface area is 159 Å². The summed E-state index contributed by atoms with van der Waals surface area (Å²) in [5.74, 6) is 0. The first kappa shape index (κ1) is 21.6. The summed E-state index contributed by atoms with van der Waals surface area (Å²) in [5.41, 5.74) is 0.986. The Hall–Kier alpha value is -0.733. The third-order valence-corrected chi connectivity index (χ3v) is 11.3. The van der Waals surface area contributed by atoms with Crippen molar-refractivity contribution in [2.24, 2.45) is 0 Å². The van der Waals surface area contributed by atoms with Crippen molar-refractivity contribution in [1.82, 2.24) is 0 Å². The van der Waals surface area contributed by atoms with Crippen LogP contribution in [0.4, 0.5) is 0 Å². The molecule has 1 aliphatic carbocycles. The van der Waals surface area contributed by atoms with Gasteiger partial charge in [-0.1, -0.05) is 38.5 Å². The molecule has 3 atom stereocenters. The molecule has 1 aromatic carbocycles. The van der Waals surface area contributed by atoms with Gasteiger partial charge in [-0.3, -0.25) is 4.18 Å². The Kier molecular flexibility index (Phi) is 6.40. The Balaban J connectivity index is 2.09. The van der Waals surface area contributed by atoms with Crippen LogP contribution in [0.25, 0.3) is 0 Å². The van der Waals surface area contributed by atoms with Crippen LogP contribution in [0.3, 0.4) is 0 Å². The van der Waals surface area contributed by atoms with Gasteiger partial charge in [0.15, 0.2) is 8.32 Å². The lowest BCUT2D eigenvalue weighted by atomic mass is 9.93. The van der Waals surface area contributed by atoms with Crippen molar-refractivity contribution in [3.63, 3.8) is 0 Å². The molecular weight excluding hydrogens is 368 g/mol. The van der Waals surface area contributed by atoms with Gasteiger partial charge in [0.1, 0.15) is 0 Å². The number of benzene rings is 1. The van der Waals surface area contributed by atoms with E-state index in [4.69, 9.17) is 8.61 Å². The van der Waals surface area contributed by atoms with Gasteiger partial charge in [-0.05, 0) is 43.6 Å². The van der Waals surface area contributed by atoms with E-state index in [1.54, 1.807) is 24.3 Å². The largest absolute Gasteiger partial charge is 0.414 e. The van der Waals surface area contributed by atoms with Crippen molar-refractivity contribution in [2.45, 2.75) is 88.3 Å². The molecule has 1 fully saturated rings. The molecule has 148 valence electrons. The fourth-order valence-corrected chi connectivity index (χ4v) is 5.37. The molecule has 2 rings (SSSR count). The number of rotatable bonds is 5. The molecule has 0 saturated heterocycles. The Bertz CT molecular complexity index is 706. The summed E-state index contributed by atoms with van der Waals surface area (Å²) >= 11 is 0.